The maximum Gasteiger partial charge on any atom is 0.0588 e. The molecule has 0 saturated heterocycles. The maximum atomic E-state index is 6.16. The second-order valence-electron chi connectivity index (χ2n) is 5.21. The van der Waals surface area contributed by atoms with Crippen molar-refractivity contribution in [2.24, 2.45) is 11.7 Å². The van der Waals surface area contributed by atoms with E-state index in [9.17, 15) is 0 Å². The molecule has 1 heterocycles. The van der Waals surface area contributed by atoms with E-state index in [1.807, 2.05) is 11.3 Å². The lowest BCUT2D eigenvalue weighted by Gasteiger charge is -2.32. The smallest absolute Gasteiger partial charge is 0.0588 e. The standard InChI is InChI=1S/C14H26N2S/c1-6-10(2)9-16(5)14(12(4)15)13-8-7-11(3)17-13/h7-8,10,12,14H,6,9,15H2,1-5H3. The molecule has 98 valence electrons. The van der Waals surface area contributed by atoms with Gasteiger partial charge < -0.3 is 5.73 Å². The molecule has 2 N–H and O–H groups in total. The molecule has 0 radical (unpaired) electrons. The molecule has 3 heteroatoms. The molecular weight excluding hydrogens is 228 g/mol. The minimum absolute atomic E-state index is 0.169. The van der Waals surface area contributed by atoms with Crippen molar-refractivity contribution >= 4 is 11.3 Å². The fraction of sp³-hybridized carbons (Fsp3) is 0.714. The average molecular weight is 254 g/mol. The lowest BCUT2D eigenvalue weighted by Crippen LogP contribution is -2.38. The summed E-state index contributed by atoms with van der Waals surface area (Å²) in [5, 5.41) is 0. The van der Waals surface area contributed by atoms with Crippen molar-refractivity contribution in [3.63, 3.8) is 0 Å². The van der Waals surface area contributed by atoms with Crippen LogP contribution in [-0.4, -0.2) is 24.5 Å². The minimum atomic E-state index is 0.169. The van der Waals surface area contributed by atoms with E-state index in [1.165, 1.54) is 16.2 Å². The Labute approximate surface area is 110 Å². The molecule has 0 fully saturated rings. The Bertz CT molecular complexity index is 333. The average Bonchev–Trinajstić information content (AvgIpc) is 2.64. The third-order valence-electron chi connectivity index (χ3n) is 3.32. The molecule has 17 heavy (non-hydrogen) atoms. The predicted octanol–water partition coefficient (Wildman–Crippen LogP) is 3.42. The third kappa shape index (κ3) is 4.09. The second kappa shape index (κ2) is 6.53. The number of hydrogen-bond acceptors (Lipinski definition) is 3. The summed E-state index contributed by atoms with van der Waals surface area (Å²) in [6.07, 6.45) is 1.22. The molecule has 0 aliphatic rings. The van der Waals surface area contributed by atoms with Crippen LogP contribution in [0.4, 0.5) is 0 Å². The largest absolute Gasteiger partial charge is 0.326 e. The van der Waals surface area contributed by atoms with Crippen LogP contribution >= 0.6 is 11.3 Å². The monoisotopic (exact) mass is 254 g/mol. The molecule has 0 amide bonds. The van der Waals surface area contributed by atoms with Gasteiger partial charge in [0.1, 0.15) is 0 Å². The zero-order valence-corrected chi connectivity index (χ0v) is 12.6. The molecular formula is C14H26N2S. The van der Waals surface area contributed by atoms with Crippen LogP contribution in [0.3, 0.4) is 0 Å². The maximum absolute atomic E-state index is 6.16. The van der Waals surface area contributed by atoms with Gasteiger partial charge in [-0.25, -0.2) is 0 Å². The number of likely N-dealkylation sites (N-methyl/N-ethyl adjacent to an activating group) is 1. The normalized spacial score (nSPS) is 17.1. The van der Waals surface area contributed by atoms with Gasteiger partial charge >= 0.3 is 0 Å². The van der Waals surface area contributed by atoms with Gasteiger partial charge in [0.15, 0.2) is 0 Å². The summed E-state index contributed by atoms with van der Waals surface area (Å²) in [5.74, 6) is 0.724. The van der Waals surface area contributed by atoms with Gasteiger partial charge in [0.2, 0.25) is 0 Å². The molecule has 0 bridgehead atoms. The Morgan fingerprint density at radius 3 is 2.41 bits per heavy atom. The molecule has 0 saturated carbocycles. The van der Waals surface area contributed by atoms with Gasteiger partial charge in [-0.05, 0) is 38.9 Å². The van der Waals surface area contributed by atoms with Crippen molar-refractivity contribution in [3.05, 3.63) is 21.9 Å². The lowest BCUT2D eigenvalue weighted by molar-refractivity contribution is 0.193. The van der Waals surface area contributed by atoms with E-state index >= 15 is 0 Å². The van der Waals surface area contributed by atoms with Gasteiger partial charge in [0.05, 0.1) is 6.04 Å². The summed E-state index contributed by atoms with van der Waals surface area (Å²) in [5.41, 5.74) is 6.16. The number of hydrogen-bond donors (Lipinski definition) is 1. The van der Waals surface area contributed by atoms with Crippen LogP contribution in [0.5, 0.6) is 0 Å². The van der Waals surface area contributed by atoms with Crippen LogP contribution in [0.25, 0.3) is 0 Å². The Hall–Kier alpha value is -0.380. The predicted molar refractivity (Wildman–Crippen MR) is 77.5 cm³/mol. The molecule has 0 aliphatic carbocycles. The van der Waals surface area contributed by atoms with Crippen molar-refractivity contribution in [2.45, 2.75) is 46.2 Å². The van der Waals surface area contributed by atoms with E-state index in [-0.39, 0.29) is 6.04 Å². The first-order valence-electron chi connectivity index (χ1n) is 6.47. The molecule has 3 atom stereocenters. The third-order valence-corrected chi connectivity index (χ3v) is 4.39. The van der Waals surface area contributed by atoms with Crippen molar-refractivity contribution in [1.82, 2.24) is 4.90 Å². The zero-order valence-electron chi connectivity index (χ0n) is 11.7. The van der Waals surface area contributed by atoms with Crippen LogP contribution in [0.15, 0.2) is 12.1 Å². The van der Waals surface area contributed by atoms with Crippen molar-refractivity contribution in [2.75, 3.05) is 13.6 Å². The Kier molecular flexibility index (Phi) is 5.63. The molecule has 3 unspecified atom stereocenters. The first kappa shape index (κ1) is 14.7. The summed E-state index contributed by atoms with van der Waals surface area (Å²) in [6, 6.07) is 4.93. The summed E-state index contributed by atoms with van der Waals surface area (Å²) < 4.78 is 0. The number of aryl methyl sites for hydroxylation is 1. The van der Waals surface area contributed by atoms with Gasteiger partial charge in [-0.15, -0.1) is 11.3 Å². The van der Waals surface area contributed by atoms with Crippen LogP contribution in [-0.2, 0) is 0 Å². The number of nitrogens with two attached hydrogens (primary N) is 1. The van der Waals surface area contributed by atoms with E-state index < -0.39 is 0 Å². The van der Waals surface area contributed by atoms with Crippen molar-refractivity contribution < 1.29 is 0 Å². The van der Waals surface area contributed by atoms with E-state index in [4.69, 9.17) is 5.73 Å². The number of nitrogens with zero attached hydrogens (tertiary/aromatic N) is 1. The van der Waals surface area contributed by atoms with E-state index in [2.05, 4.69) is 51.8 Å². The molecule has 1 aromatic heterocycles. The highest BCUT2D eigenvalue weighted by atomic mass is 32.1. The fourth-order valence-electron chi connectivity index (χ4n) is 2.22. The zero-order chi connectivity index (χ0) is 13.0. The van der Waals surface area contributed by atoms with E-state index in [1.54, 1.807) is 0 Å². The summed E-state index contributed by atoms with van der Waals surface area (Å²) >= 11 is 1.87. The van der Waals surface area contributed by atoms with Crippen LogP contribution < -0.4 is 5.73 Å². The highest BCUT2D eigenvalue weighted by molar-refractivity contribution is 7.12. The van der Waals surface area contributed by atoms with Gasteiger partial charge in [0, 0.05) is 22.3 Å². The first-order chi connectivity index (χ1) is 7.95. The van der Waals surface area contributed by atoms with Gasteiger partial charge in [-0.2, -0.15) is 0 Å². The Morgan fingerprint density at radius 2 is 2.00 bits per heavy atom. The molecule has 0 aliphatic heterocycles. The quantitative estimate of drug-likeness (QED) is 0.843. The van der Waals surface area contributed by atoms with Crippen LogP contribution in [0.2, 0.25) is 0 Å². The highest BCUT2D eigenvalue weighted by Gasteiger charge is 2.23. The van der Waals surface area contributed by atoms with Gasteiger partial charge in [-0.3, -0.25) is 4.90 Å². The van der Waals surface area contributed by atoms with Crippen LogP contribution in [0.1, 0.15) is 43.0 Å². The lowest BCUT2D eigenvalue weighted by atomic mass is 10.0. The molecule has 2 nitrogen and oxygen atoms in total. The van der Waals surface area contributed by atoms with E-state index in [0.29, 0.717) is 6.04 Å². The number of rotatable bonds is 6. The SMILES string of the molecule is CCC(C)CN(C)C(c1ccc(C)s1)C(C)N. The fourth-order valence-corrected chi connectivity index (χ4v) is 3.38. The van der Waals surface area contributed by atoms with E-state index in [0.717, 1.165) is 12.5 Å². The van der Waals surface area contributed by atoms with Gasteiger partial charge in [-0.1, -0.05) is 20.3 Å². The van der Waals surface area contributed by atoms with Crippen molar-refractivity contribution in [1.29, 1.82) is 0 Å². The highest BCUT2D eigenvalue weighted by Crippen LogP contribution is 2.29. The topological polar surface area (TPSA) is 29.3 Å². The Morgan fingerprint density at radius 1 is 1.35 bits per heavy atom. The molecule has 0 spiro atoms. The second-order valence-corrected chi connectivity index (χ2v) is 6.52. The first-order valence-corrected chi connectivity index (χ1v) is 7.29. The summed E-state index contributed by atoms with van der Waals surface area (Å²) in [4.78, 5) is 5.16. The van der Waals surface area contributed by atoms with Crippen molar-refractivity contribution in [3.8, 4) is 0 Å². The summed E-state index contributed by atoms with van der Waals surface area (Å²) in [6.45, 7) is 9.91. The molecule has 0 aromatic carbocycles. The van der Waals surface area contributed by atoms with Gasteiger partial charge in [0.25, 0.3) is 0 Å². The number of thiophene rings is 1. The summed E-state index contributed by atoms with van der Waals surface area (Å²) in [7, 11) is 2.19. The minimum Gasteiger partial charge on any atom is -0.326 e. The molecule has 1 rings (SSSR count). The van der Waals surface area contributed by atoms with Crippen LogP contribution in [0, 0.1) is 12.8 Å². The molecule has 1 aromatic rings. The Balaban J connectivity index is 2.79.